The molecule has 1 unspecified atom stereocenters. The number of nitrogens with two attached hydrogens (primary N) is 1. The van der Waals surface area contributed by atoms with E-state index in [1.807, 2.05) is 4.90 Å². The zero-order valence-electron chi connectivity index (χ0n) is 13.7. The quantitative estimate of drug-likeness (QED) is 0.668. The number of hydrogen-bond donors (Lipinski definition) is 2. The molecule has 1 atom stereocenters. The average molecular weight is 374 g/mol. The standard InChI is InChI=1S/C17H17N3O5S/c18-17(21)14-15(20-5-8-24-9-6-20)13-11(19-14)4-3-10(16(13)26(22)23)12-2-1-7-25-12/h1-4,7,19H,5-6,8-9H2,(H2,18,21)(H,22,23)/p-1. The van der Waals surface area contributed by atoms with Crippen LogP contribution >= 0.6 is 0 Å². The van der Waals surface area contributed by atoms with Gasteiger partial charge < -0.3 is 29.3 Å². The summed E-state index contributed by atoms with van der Waals surface area (Å²) >= 11 is -2.55. The van der Waals surface area contributed by atoms with Gasteiger partial charge in [-0.1, -0.05) is 0 Å². The van der Waals surface area contributed by atoms with Gasteiger partial charge in [0, 0.05) is 34.5 Å². The van der Waals surface area contributed by atoms with Gasteiger partial charge in [0.1, 0.15) is 11.5 Å². The van der Waals surface area contributed by atoms with E-state index >= 15 is 0 Å². The molecule has 9 heteroatoms. The van der Waals surface area contributed by atoms with Crippen molar-refractivity contribution in [3.8, 4) is 11.3 Å². The van der Waals surface area contributed by atoms with Crippen LogP contribution in [0.25, 0.3) is 22.2 Å². The van der Waals surface area contributed by atoms with E-state index in [2.05, 4.69) is 4.98 Å². The third kappa shape index (κ3) is 2.70. The van der Waals surface area contributed by atoms with Gasteiger partial charge in [-0.25, -0.2) is 0 Å². The normalized spacial score (nSPS) is 16.1. The van der Waals surface area contributed by atoms with E-state index in [1.165, 1.54) is 6.26 Å². The summed E-state index contributed by atoms with van der Waals surface area (Å²) in [5, 5.41) is 0.433. The summed E-state index contributed by atoms with van der Waals surface area (Å²) in [5.74, 6) is -0.217. The van der Waals surface area contributed by atoms with Crippen LogP contribution < -0.4 is 10.6 Å². The largest absolute Gasteiger partial charge is 0.768 e. The molecule has 0 aliphatic carbocycles. The second-order valence-electron chi connectivity index (χ2n) is 5.89. The predicted molar refractivity (Wildman–Crippen MR) is 94.7 cm³/mol. The monoisotopic (exact) mass is 374 g/mol. The number of anilines is 1. The fourth-order valence-corrected chi connectivity index (χ4v) is 4.04. The van der Waals surface area contributed by atoms with Crippen LogP contribution in [0.3, 0.4) is 0 Å². The first kappa shape index (κ1) is 16.8. The van der Waals surface area contributed by atoms with Crippen LogP contribution in [-0.4, -0.2) is 46.0 Å². The van der Waals surface area contributed by atoms with E-state index in [1.54, 1.807) is 24.3 Å². The molecule has 1 fully saturated rings. The van der Waals surface area contributed by atoms with Crippen molar-refractivity contribution in [2.24, 2.45) is 5.73 Å². The van der Waals surface area contributed by atoms with Crippen molar-refractivity contribution in [2.75, 3.05) is 31.2 Å². The zero-order valence-corrected chi connectivity index (χ0v) is 14.5. The molecular formula is C17H16N3O5S-. The molecule has 1 amide bonds. The van der Waals surface area contributed by atoms with Crippen LogP contribution in [0.1, 0.15) is 10.5 Å². The molecule has 136 valence electrons. The summed E-state index contributed by atoms with van der Waals surface area (Å²) in [6.07, 6.45) is 1.48. The molecule has 1 aromatic carbocycles. The maximum Gasteiger partial charge on any atom is 0.267 e. The third-order valence-electron chi connectivity index (χ3n) is 4.42. The fourth-order valence-electron chi connectivity index (χ4n) is 3.32. The van der Waals surface area contributed by atoms with E-state index in [-0.39, 0.29) is 10.6 Å². The van der Waals surface area contributed by atoms with Crippen molar-refractivity contribution in [3.05, 3.63) is 36.2 Å². The van der Waals surface area contributed by atoms with E-state index in [0.29, 0.717) is 54.2 Å². The Hall–Kier alpha value is -2.62. The number of fused-ring (bicyclic) bond motifs is 1. The minimum atomic E-state index is -2.55. The first-order chi connectivity index (χ1) is 12.6. The Morgan fingerprint density at radius 1 is 1.27 bits per heavy atom. The molecule has 2 aromatic heterocycles. The highest BCUT2D eigenvalue weighted by molar-refractivity contribution is 7.79. The number of nitrogens with one attached hydrogen (secondary N) is 1. The molecule has 4 rings (SSSR count). The van der Waals surface area contributed by atoms with Crippen molar-refractivity contribution in [1.82, 2.24) is 4.98 Å². The molecule has 0 spiro atoms. The van der Waals surface area contributed by atoms with Crippen LogP contribution in [0.15, 0.2) is 39.8 Å². The van der Waals surface area contributed by atoms with Crippen molar-refractivity contribution < 1.29 is 22.7 Å². The number of aromatic amines is 1. The minimum absolute atomic E-state index is 0.0719. The summed E-state index contributed by atoms with van der Waals surface area (Å²) in [4.78, 5) is 17.0. The number of aromatic nitrogens is 1. The summed E-state index contributed by atoms with van der Waals surface area (Å²) < 4.78 is 35.0. The number of morpholine rings is 1. The Morgan fingerprint density at radius 2 is 2.04 bits per heavy atom. The molecule has 0 saturated carbocycles. The number of furan rings is 1. The highest BCUT2D eigenvalue weighted by Crippen LogP contribution is 2.40. The maximum absolute atomic E-state index is 12.1. The number of primary amides is 1. The van der Waals surface area contributed by atoms with Gasteiger partial charge in [0.05, 0.1) is 25.2 Å². The number of ether oxygens (including phenoxy) is 1. The molecule has 1 saturated heterocycles. The number of H-pyrrole nitrogens is 1. The van der Waals surface area contributed by atoms with E-state index < -0.39 is 17.0 Å². The summed E-state index contributed by atoms with van der Waals surface area (Å²) in [5.41, 5.74) is 7.17. The van der Waals surface area contributed by atoms with E-state index in [4.69, 9.17) is 14.9 Å². The number of carbonyl (C=O) groups excluding carboxylic acids is 1. The lowest BCUT2D eigenvalue weighted by atomic mass is 10.1. The first-order valence-electron chi connectivity index (χ1n) is 8.02. The highest BCUT2D eigenvalue weighted by atomic mass is 32.2. The molecule has 3 N–H and O–H groups in total. The van der Waals surface area contributed by atoms with Crippen molar-refractivity contribution in [2.45, 2.75) is 4.90 Å². The zero-order chi connectivity index (χ0) is 18.3. The smallest absolute Gasteiger partial charge is 0.267 e. The van der Waals surface area contributed by atoms with Gasteiger partial charge in [-0.3, -0.25) is 9.00 Å². The van der Waals surface area contributed by atoms with E-state index in [0.717, 1.165) is 0 Å². The van der Waals surface area contributed by atoms with Crippen molar-refractivity contribution in [1.29, 1.82) is 0 Å². The number of nitrogens with zero attached hydrogens (tertiary/aromatic N) is 1. The Labute approximate surface area is 151 Å². The third-order valence-corrected chi connectivity index (χ3v) is 5.18. The topological polar surface area (TPSA) is 125 Å². The van der Waals surface area contributed by atoms with Gasteiger partial charge in [-0.05, 0) is 35.3 Å². The van der Waals surface area contributed by atoms with Gasteiger partial charge in [-0.15, -0.1) is 0 Å². The maximum atomic E-state index is 12.1. The molecule has 1 aliphatic rings. The molecule has 8 nitrogen and oxygen atoms in total. The fraction of sp³-hybridized carbons (Fsp3) is 0.235. The predicted octanol–water partition coefficient (Wildman–Crippen LogP) is 1.60. The summed E-state index contributed by atoms with van der Waals surface area (Å²) in [6, 6.07) is 6.75. The Kier molecular flexibility index (Phi) is 4.27. The number of amides is 1. The van der Waals surface area contributed by atoms with Gasteiger partial charge in [0.15, 0.2) is 0 Å². The lowest BCUT2D eigenvalue weighted by Crippen LogP contribution is -2.37. The van der Waals surface area contributed by atoms with Crippen LogP contribution in [0.2, 0.25) is 0 Å². The Morgan fingerprint density at radius 3 is 2.65 bits per heavy atom. The number of carbonyl (C=O) groups is 1. The lowest BCUT2D eigenvalue weighted by Gasteiger charge is -2.29. The van der Waals surface area contributed by atoms with E-state index in [9.17, 15) is 13.6 Å². The van der Waals surface area contributed by atoms with Gasteiger partial charge >= 0.3 is 0 Å². The summed E-state index contributed by atoms with van der Waals surface area (Å²) in [6.45, 7) is 2.03. The Bertz CT molecular complexity index is 990. The van der Waals surface area contributed by atoms with Gasteiger partial charge in [0.25, 0.3) is 5.91 Å². The average Bonchev–Trinajstić information content (AvgIpc) is 3.29. The Balaban J connectivity index is 2.06. The molecular weight excluding hydrogens is 358 g/mol. The van der Waals surface area contributed by atoms with Crippen LogP contribution in [0, 0.1) is 0 Å². The molecule has 3 aromatic rings. The van der Waals surface area contributed by atoms with Crippen LogP contribution in [0.4, 0.5) is 5.69 Å². The SMILES string of the molecule is NC(=O)c1[nH]c2ccc(-c3ccco3)c(S(=O)[O-])c2c1N1CCOCC1. The molecule has 26 heavy (non-hydrogen) atoms. The summed E-state index contributed by atoms with van der Waals surface area (Å²) in [7, 11) is 0. The second kappa shape index (κ2) is 6.60. The molecule has 1 aliphatic heterocycles. The second-order valence-corrected chi connectivity index (χ2v) is 6.77. The molecule has 3 heterocycles. The minimum Gasteiger partial charge on any atom is -0.768 e. The van der Waals surface area contributed by atoms with Crippen molar-refractivity contribution in [3.63, 3.8) is 0 Å². The number of rotatable bonds is 4. The first-order valence-corrected chi connectivity index (χ1v) is 9.09. The molecule has 0 radical (unpaired) electrons. The lowest BCUT2D eigenvalue weighted by molar-refractivity contribution is 0.0994. The van der Waals surface area contributed by atoms with Gasteiger partial charge in [-0.2, -0.15) is 0 Å². The van der Waals surface area contributed by atoms with Crippen LogP contribution in [-0.2, 0) is 15.8 Å². The number of hydrogen-bond acceptors (Lipinski definition) is 6. The highest BCUT2D eigenvalue weighted by Gasteiger charge is 2.26. The van der Waals surface area contributed by atoms with Crippen molar-refractivity contribution >= 4 is 33.6 Å². The van der Waals surface area contributed by atoms with Crippen LogP contribution in [0.5, 0.6) is 0 Å². The molecule has 0 bridgehead atoms. The van der Waals surface area contributed by atoms with Gasteiger partial charge in [0.2, 0.25) is 0 Å². The number of benzene rings is 1.